The summed E-state index contributed by atoms with van der Waals surface area (Å²) in [5.41, 5.74) is 6.53. The molecule has 0 aliphatic carbocycles. The number of ether oxygens (including phenoxy) is 2. The molecule has 2 aliphatic rings. The second-order valence-electron chi connectivity index (χ2n) is 11.8. The Hall–Kier alpha value is -3.24. The van der Waals surface area contributed by atoms with Crippen LogP contribution < -0.4 is 20.5 Å². The van der Waals surface area contributed by atoms with Crippen LogP contribution in [-0.2, 0) is 0 Å². The third-order valence-electron chi connectivity index (χ3n) is 8.55. The van der Waals surface area contributed by atoms with Crippen LogP contribution in [0, 0.1) is 29.5 Å². The molecule has 2 amide bonds. The van der Waals surface area contributed by atoms with Gasteiger partial charge in [0.05, 0.1) is 30.0 Å². The molecule has 4 unspecified atom stereocenters. The van der Waals surface area contributed by atoms with Crippen molar-refractivity contribution < 1.29 is 28.6 Å². The molecule has 0 bridgehead atoms. The SMILES string of the molecule is COc1cc(N)c(Cl)cc1C(=O)NCC1CCN(CC(COc2ccc(F)cc2)C2C(C)CC(C)CN2C(=O)O)CC1. The van der Waals surface area contributed by atoms with Crippen LogP contribution in [-0.4, -0.2) is 79.4 Å². The van der Waals surface area contributed by atoms with E-state index >= 15 is 0 Å². The van der Waals surface area contributed by atoms with Gasteiger partial charge in [-0.3, -0.25) is 4.79 Å². The van der Waals surface area contributed by atoms with Crippen LogP contribution in [0.1, 0.15) is 43.5 Å². The number of carboxylic acid groups (broad SMARTS) is 1. The third kappa shape index (κ3) is 7.98. The molecule has 0 radical (unpaired) electrons. The molecule has 0 spiro atoms. The van der Waals surface area contributed by atoms with Crippen LogP contribution in [0.25, 0.3) is 0 Å². The predicted octanol–water partition coefficient (Wildman–Crippen LogP) is 5.23. The summed E-state index contributed by atoms with van der Waals surface area (Å²) in [5.74, 6) is 1.06. The Bertz CT molecular complexity index is 1220. The zero-order chi connectivity index (χ0) is 30.4. The van der Waals surface area contributed by atoms with Crippen molar-refractivity contribution >= 4 is 29.3 Å². The zero-order valence-electron chi connectivity index (χ0n) is 24.5. The molecule has 11 heteroatoms. The molecular weight excluding hydrogens is 563 g/mol. The molecule has 4 atom stereocenters. The number of carbonyl (C=O) groups excluding carboxylic acids is 1. The van der Waals surface area contributed by atoms with E-state index in [0.717, 1.165) is 32.4 Å². The number of rotatable bonds is 10. The van der Waals surface area contributed by atoms with Gasteiger partial charge in [-0.15, -0.1) is 0 Å². The number of halogens is 2. The zero-order valence-corrected chi connectivity index (χ0v) is 25.3. The fourth-order valence-corrected chi connectivity index (χ4v) is 6.65. The van der Waals surface area contributed by atoms with Crippen LogP contribution in [0.4, 0.5) is 14.9 Å². The maximum absolute atomic E-state index is 13.4. The number of carbonyl (C=O) groups is 2. The lowest BCUT2D eigenvalue weighted by molar-refractivity contribution is 0.00610. The molecule has 2 saturated heterocycles. The smallest absolute Gasteiger partial charge is 0.407 e. The summed E-state index contributed by atoms with van der Waals surface area (Å²) in [4.78, 5) is 29.1. The molecular formula is C31H42ClFN4O5. The summed E-state index contributed by atoms with van der Waals surface area (Å²) in [7, 11) is 1.48. The minimum atomic E-state index is -0.904. The number of nitrogens with one attached hydrogen (secondary N) is 1. The number of nitrogens with zero attached hydrogens (tertiary/aromatic N) is 2. The highest BCUT2D eigenvalue weighted by Gasteiger charge is 2.41. The molecule has 4 rings (SSSR count). The Morgan fingerprint density at radius 1 is 1.19 bits per heavy atom. The topological polar surface area (TPSA) is 117 Å². The van der Waals surface area contributed by atoms with Gasteiger partial charge < -0.3 is 35.4 Å². The highest BCUT2D eigenvalue weighted by molar-refractivity contribution is 6.33. The number of hydrogen-bond acceptors (Lipinski definition) is 6. The van der Waals surface area contributed by atoms with Gasteiger partial charge in [-0.05, 0) is 80.4 Å². The van der Waals surface area contributed by atoms with E-state index in [4.69, 9.17) is 26.8 Å². The van der Waals surface area contributed by atoms with Gasteiger partial charge in [-0.2, -0.15) is 0 Å². The Balaban J connectivity index is 1.37. The Morgan fingerprint density at radius 3 is 2.52 bits per heavy atom. The predicted molar refractivity (Wildman–Crippen MR) is 161 cm³/mol. The van der Waals surface area contributed by atoms with Crippen molar-refractivity contribution in [2.75, 3.05) is 52.2 Å². The van der Waals surface area contributed by atoms with E-state index in [9.17, 15) is 19.1 Å². The van der Waals surface area contributed by atoms with E-state index in [-0.39, 0.29) is 29.6 Å². The summed E-state index contributed by atoms with van der Waals surface area (Å²) in [6.45, 7) is 7.93. The molecule has 2 fully saturated rings. The van der Waals surface area contributed by atoms with Gasteiger partial charge in [0.2, 0.25) is 0 Å². The van der Waals surface area contributed by atoms with Gasteiger partial charge >= 0.3 is 6.09 Å². The fourth-order valence-electron chi connectivity index (χ4n) is 6.48. The Morgan fingerprint density at radius 2 is 1.88 bits per heavy atom. The number of hydrogen-bond donors (Lipinski definition) is 3. The van der Waals surface area contributed by atoms with Gasteiger partial charge in [0.25, 0.3) is 5.91 Å². The summed E-state index contributed by atoms with van der Waals surface area (Å²) in [6, 6.07) is 8.81. The summed E-state index contributed by atoms with van der Waals surface area (Å²) in [5, 5.41) is 13.4. The van der Waals surface area contributed by atoms with Crippen molar-refractivity contribution in [3.8, 4) is 11.5 Å². The van der Waals surface area contributed by atoms with Crippen molar-refractivity contribution in [1.29, 1.82) is 0 Å². The maximum atomic E-state index is 13.4. The lowest BCUT2D eigenvalue weighted by atomic mass is 9.78. The second kappa shape index (κ2) is 14.3. The number of anilines is 1. The quantitative estimate of drug-likeness (QED) is 0.318. The van der Waals surface area contributed by atoms with E-state index in [2.05, 4.69) is 24.1 Å². The molecule has 2 aromatic rings. The lowest BCUT2D eigenvalue weighted by Gasteiger charge is -2.46. The average Bonchev–Trinajstić information content (AvgIpc) is 2.96. The Kier molecular flexibility index (Phi) is 10.8. The minimum absolute atomic E-state index is 0.0624. The second-order valence-corrected chi connectivity index (χ2v) is 12.2. The van der Waals surface area contributed by atoms with Crippen molar-refractivity contribution in [1.82, 2.24) is 15.1 Å². The summed E-state index contributed by atoms with van der Waals surface area (Å²) < 4.78 is 24.8. The van der Waals surface area contributed by atoms with Gasteiger partial charge in [-0.25, -0.2) is 9.18 Å². The highest BCUT2D eigenvalue weighted by Crippen LogP contribution is 2.34. The molecule has 2 heterocycles. The molecule has 0 saturated carbocycles. The number of nitrogen functional groups attached to an aromatic ring is 1. The number of amides is 2. The standard InChI is InChI=1S/C31H42ClFN4O5/c1-19-12-20(2)29(37(16-19)31(39)40)22(18-42-24-6-4-23(33)5-7-24)17-36-10-8-21(9-11-36)15-35-30(38)25-13-26(32)27(34)14-28(25)41-3/h4-7,13-14,19-22,29H,8-12,15-18,34H2,1-3H3,(H,35,38)(H,39,40). The first-order valence-corrected chi connectivity index (χ1v) is 14.9. The molecule has 2 aliphatic heterocycles. The van der Waals surface area contributed by atoms with E-state index in [1.807, 2.05) is 0 Å². The first-order valence-electron chi connectivity index (χ1n) is 14.6. The van der Waals surface area contributed by atoms with Crippen molar-refractivity contribution in [3.63, 3.8) is 0 Å². The van der Waals surface area contributed by atoms with Gasteiger partial charge in [-0.1, -0.05) is 25.4 Å². The van der Waals surface area contributed by atoms with Crippen molar-refractivity contribution in [3.05, 3.63) is 52.8 Å². The normalized spacial score (nSPS) is 22.4. The molecule has 9 nitrogen and oxygen atoms in total. The molecule has 2 aromatic carbocycles. The lowest BCUT2D eigenvalue weighted by Crippen LogP contribution is -2.57. The summed E-state index contributed by atoms with van der Waals surface area (Å²) >= 11 is 6.13. The number of methoxy groups -OCH3 is 1. The largest absolute Gasteiger partial charge is 0.496 e. The van der Waals surface area contributed by atoms with Crippen LogP contribution >= 0.6 is 11.6 Å². The maximum Gasteiger partial charge on any atom is 0.407 e. The van der Waals surface area contributed by atoms with Crippen LogP contribution in [0.2, 0.25) is 5.02 Å². The number of piperidine rings is 2. The van der Waals surface area contributed by atoms with Crippen molar-refractivity contribution in [2.24, 2.45) is 23.7 Å². The van der Waals surface area contributed by atoms with Gasteiger partial charge in [0, 0.05) is 37.7 Å². The van der Waals surface area contributed by atoms with E-state index < -0.39 is 6.09 Å². The number of likely N-dealkylation sites (tertiary alicyclic amines) is 2. The van der Waals surface area contributed by atoms with E-state index in [1.165, 1.54) is 25.3 Å². The number of nitrogens with two attached hydrogens (primary N) is 1. The van der Waals surface area contributed by atoms with Crippen LogP contribution in [0.15, 0.2) is 36.4 Å². The molecule has 42 heavy (non-hydrogen) atoms. The van der Waals surface area contributed by atoms with Crippen LogP contribution in [0.5, 0.6) is 11.5 Å². The van der Waals surface area contributed by atoms with Crippen molar-refractivity contribution in [2.45, 2.75) is 39.2 Å². The van der Waals surface area contributed by atoms with Crippen LogP contribution in [0.3, 0.4) is 0 Å². The molecule has 4 N–H and O–H groups in total. The highest BCUT2D eigenvalue weighted by atomic mass is 35.5. The third-order valence-corrected chi connectivity index (χ3v) is 8.87. The molecule has 0 aromatic heterocycles. The van der Waals surface area contributed by atoms with E-state index in [0.29, 0.717) is 65.8 Å². The fraction of sp³-hybridized carbons (Fsp3) is 0.548. The molecule has 230 valence electrons. The van der Waals surface area contributed by atoms with Gasteiger partial charge in [0.15, 0.2) is 0 Å². The monoisotopic (exact) mass is 604 g/mol. The first-order chi connectivity index (χ1) is 20.0. The van der Waals surface area contributed by atoms with Gasteiger partial charge in [0.1, 0.15) is 17.3 Å². The Labute approximate surface area is 252 Å². The van der Waals surface area contributed by atoms with E-state index in [1.54, 1.807) is 23.1 Å². The minimum Gasteiger partial charge on any atom is -0.496 e. The number of benzene rings is 2. The average molecular weight is 605 g/mol. The first kappa shape index (κ1) is 31.7. The summed E-state index contributed by atoms with van der Waals surface area (Å²) in [6.07, 6.45) is 1.84.